The lowest BCUT2D eigenvalue weighted by Gasteiger charge is -2.17. The zero-order chi connectivity index (χ0) is 22.6. The summed E-state index contributed by atoms with van der Waals surface area (Å²) in [6.07, 6.45) is -3.76. The van der Waals surface area contributed by atoms with E-state index in [0.717, 1.165) is 18.6 Å². The average molecular weight is 438 g/mol. The molecule has 3 aromatic rings. The molecule has 0 aliphatic rings. The Morgan fingerprint density at radius 3 is 2.74 bits per heavy atom. The van der Waals surface area contributed by atoms with Gasteiger partial charge in [0.15, 0.2) is 6.23 Å². The predicted octanol–water partition coefficient (Wildman–Crippen LogP) is 3.38. The van der Waals surface area contributed by atoms with Gasteiger partial charge in [-0.05, 0) is 30.7 Å². The van der Waals surface area contributed by atoms with E-state index in [1.54, 1.807) is 24.1 Å². The molecule has 2 N–H and O–H groups in total. The molecule has 0 spiro atoms. The zero-order valence-electron chi connectivity index (χ0n) is 16.8. The number of carbonyl (C=O) groups excluding carboxylic acids is 1. The number of hydrogen-bond acceptors (Lipinski definition) is 7. The molecular formula is C20H21F3N4O4. The number of halogens is 3. The Labute approximate surface area is 175 Å². The maximum absolute atomic E-state index is 12.9. The fourth-order valence-electron chi connectivity index (χ4n) is 2.99. The second-order valence-electron chi connectivity index (χ2n) is 6.68. The molecule has 1 unspecified atom stereocenters. The number of anilines is 1. The second kappa shape index (κ2) is 9.31. The van der Waals surface area contributed by atoms with Crippen LogP contribution in [0.5, 0.6) is 0 Å². The van der Waals surface area contributed by atoms with Crippen LogP contribution in [0.2, 0.25) is 0 Å². The largest absolute Gasteiger partial charge is 0.465 e. The number of nitrogens with zero attached hydrogens (tertiary/aromatic N) is 3. The Kier molecular flexibility index (Phi) is 6.76. The number of methoxy groups -OCH3 is 2. The predicted molar refractivity (Wildman–Crippen MR) is 105 cm³/mol. The van der Waals surface area contributed by atoms with E-state index in [9.17, 15) is 23.1 Å². The summed E-state index contributed by atoms with van der Waals surface area (Å²) in [5, 5.41) is 18.1. The minimum absolute atomic E-state index is 0.0724. The third-order valence-electron chi connectivity index (χ3n) is 4.47. The molecule has 2 heterocycles. The van der Waals surface area contributed by atoms with Crippen molar-refractivity contribution in [2.24, 2.45) is 0 Å². The van der Waals surface area contributed by atoms with Crippen LogP contribution >= 0.6 is 0 Å². The van der Waals surface area contributed by atoms with Crippen molar-refractivity contribution < 1.29 is 32.5 Å². The zero-order valence-corrected chi connectivity index (χ0v) is 16.8. The van der Waals surface area contributed by atoms with E-state index in [1.807, 2.05) is 0 Å². The highest BCUT2D eigenvalue weighted by molar-refractivity contribution is 6.00. The van der Waals surface area contributed by atoms with Crippen LogP contribution in [0.15, 0.2) is 36.5 Å². The fourth-order valence-corrected chi connectivity index (χ4v) is 2.99. The number of carbonyl (C=O) groups is 1. The first-order valence-corrected chi connectivity index (χ1v) is 9.30. The number of rotatable bonds is 8. The van der Waals surface area contributed by atoms with Crippen molar-refractivity contribution >= 4 is 22.6 Å². The number of benzene rings is 1. The molecule has 0 amide bonds. The van der Waals surface area contributed by atoms with Crippen molar-refractivity contribution in [3.63, 3.8) is 0 Å². The van der Waals surface area contributed by atoms with Crippen molar-refractivity contribution in [2.45, 2.75) is 25.4 Å². The van der Waals surface area contributed by atoms with Crippen LogP contribution in [0.25, 0.3) is 10.9 Å². The topological polar surface area (TPSA) is 98.5 Å². The third-order valence-corrected chi connectivity index (χ3v) is 4.47. The van der Waals surface area contributed by atoms with Gasteiger partial charge in [-0.1, -0.05) is 6.07 Å². The number of pyridine rings is 1. The molecule has 11 heteroatoms. The number of aliphatic hydroxyl groups is 1. The standard InChI is InChI=1S/C20H21F3N4O4/c1-30-8-4-7-27-11-12-9-16(13(19(29)31-2)10-15(12)26-27)25-18(28)14-5-3-6-17(24-14)20(21,22)23/h3,5-6,9-11,18,25,28H,4,7-8H2,1-2H3. The Morgan fingerprint density at radius 1 is 1.29 bits per heavy atom. The number of hydrogen-bond donors (Lipinski definition) is 2. The summed E-state index contributed by atoms with van der Waals surface area (Å²) in [4.78, 5) is 15.7. The molecule has 0 aliphatic carbocycles. The number of ether oxygens (including phenoxy) is 2. The van der Waals surface area contributed by atoms with Crippen LogP contribution < -0.4 is 5.32 Å². The van der Waals surface area contributed by atoms with E-state index in [4.69, 9.17) is 9.47 Å². The van der Waals surface area contributed by atoms with Crippen molar-refractivity contribution in [3.05, 3.63) is 53.5 Å². The summed E-state index contributed by atoms with van der Waals surface area (Å²) < 4.78 is 50.3. The van der Waals surface area contributed by atoms with E-state index in [2.05, 4.69) is 15.4 Å². The Hall–Kier alpha value is -3.18. The van der Waals surface area contributed by atoms with Crippen LogP contribution in [-0.4, -0.2) is 46.7 Å². The summed E-state index contributed by atoms with van der Waals surface area (Å²) >= 11 is 0. The lowest BCUT2D eigenvalue weighted by Crippen LogP contribution is -2.17. The van der Waals surface area contributed by atoms with Crippen molar-refractivity contribution in [2.75, 3.05) is 26.1 Å². The van der Waals surface area contributed by atoms with Gasteiger partial charge in [0.25, 0.3) is 0 Å². The quantitative estimate of drug-likeness (QED) is 0.316. The van der Waals surface area contributed by atoms with Gasteiger partial charge < -0.3 is 19.9 Å². The van der Waals surface area contributed by atoms with E-state index in [0.29, 0.717) is 24.1 Å². The van der Waals surface area contributed by atoms with Gasteiger partial charge >= 0.3 is 12.1 Å². The summed E-state index contributed by atoms with van der Waals surface area (Å²) in [7, 11) is 2.80. The maximum Gasteiger partial charge on any atom is 0.433 e. The molecule has 0 radical (unpaired) electrons. The number of aromatic nitrogens is 3. The van der Waals surface area contributed by atoms with Crippen LogP contribution in [0.3, 0.4) is 0 Å². The first-order chi connectivity index (χ1) is 14.7. The van der Waals surface area contributed by atoms with Gasteiger partial charge in [-0.15, -0.1) is 0 Å². The van der Waals surface area contributed by atoms with Crippen molar-refractivity contribution in [3.8, 4) is 0 Å². The van der Waals surface area contributed by atoms with Crippen LogP contribution in [0.4, 0.5) is 18.9 Å². The monoisotopic (exact) mass is 438 g/mol. The van der Waals surface area contributed by atoms with Gasteiger partial charge in [0.2, 0.25) is 0 Å². The van der Waals surface area contributed by atoms with E-state index in [1.165, 1.54) is 19.2 Å². The molecule has 8 nitrogen and oxygen atoms in total. The van der Waals surface area contributed by atoms with Crippen LogP contribution in [-0.2, 0) is 22.2 Å². The molecule has 0 saturated heterocycles. The second-order valence-corrected chi connectivity index (χ2v) is 6.68. The summed E-state index contributed by atoms with van der Waals surface area (Å²) in [5.74, 6) is -0.692. The number of aryl methyl sites for hydroxylation is 1. The highest BCUT2D eigenvalue weighted by Crippen LogP contribution is 2.30. The number of esters is 1. The minimum Gasteiger partial charge on any atom is -0.465 e. The maximum atomic E-state index is 12.9. The van der Waals surface area contributed by atoms with E-state index < -0.39 is 24.1 Å². The average Bonchev–Trinajstić information content (AvgIpc) is 3.13. The number of nitrogens with one attached hydrogen (secondary N) is 1. The van der Waals surface area contributed by atoms with Gasteiger partial charge in [-0.25, -0.2) is 9.78 Å². The van der Waals surface area contributed by atoms with Crippen molar-refractivity contribution in [1.29, 1.82) is 0 Å². The summed E-state index contributed by atoms with van der Waals surface area (Å²) in [6.45, 7) is 1.15. The van der Waals surface area contributed by atoms with E-state index in [-0.39, 0.29) is 16.9 Å². The molecule has 0 bridgehead atoms. The van der Waals surface area contributed by atoms with Gasteiger partial charge in [0.05, 0.1) is 29.6 Å². The number of aliphatic hydroxyl groups excluding tert-OH is 1. The molecule has 166 valence electrons. The van der Waals surface area contributed by atoms with Crippen LogP contribution in [0.1, 0.15) is 34.4 Å². The minimum atomic E-state index is -4.65. The normalized spacial score (nSPS) is 12.7. The third kappa shape index (κ3) is 5.30. The van der Waals surface area contributed by atoms with Gasteiger partial charge in [-0.2, -0.15) is 18.3 Å². The first kappa shape index (κ1) is 22.5. The van der Waals surface area contributed by atoms with Gasteiger partial charge in [0, 0.05) is 31.8 Å². The fraction of sp³-hybridized carbons (Fsp3) is 0.350. The Bertz CT molecular complexity index is 1070. The Balaban J connectivity index is 1.93. The van der Waals surface area contributed by atoms with Crippen LogP contribution in [0, 0.1) is 0 Å². The SMILES string of the molecule is COCCCn1cc2cc(NC(O)c3cccc(C(F)(F)F)n3)c(C(=O)OC)cc2n1. The molecule has 2 aromatic heterocycles. The smallest absolute Gasteiger partial charge is 0.433 e. The van der Waals surface area contributed by atoms with Gasteiger partial charge in [-0.3, -0.25) is 4.68 Å². The molecular weight excluding hydrogens is 417 g/mol. The summed E-state index contributed by atoms with van der Waals surface area (Å²) in [5.41, 5.74) is -0.617. The highest BCUT2D eigenvalue weighted by atomic mass is 19.4. The Morgan fingerprint density at radius 2 is 2.06 bits per heavy atom. The molecule has 1 atom stereocenters. The lowest BCUT2D eigenvalue weighted by molar-refractivity contribution is -0.141. The van der Waals surface area contributed by atoms with Gasteiger partial charge in [0.1, 0.15) is 5.69 Å². The molecule has 0 fully saturated rings. The number of fused-ring (bicyclic) bond motifs is 1. The van der Waals surface area contributed by atoms with Crippen molar-refractivity contribution in [1.82, 2.24) is 14.8 Å². The molecule has 3 rings (SSSR count). The molecule has 1 aromatic carbocycles. The molecule has 0 aliphatic heterocycles. The lowest BCUT2D eigenvalue weighted by atomic mass is 10.1. The molecule has 0 saturated carbocycles. The summed E-state index contributed by atoms with van der Waals surface area (Å²) in [6, 6.07) is 6.25. The highest BCUT2D eigenvalue weighted by Gasteiger charge is 2.33. The number of alkyl halides is 3. The first-order valence-electron chi connectivity index (χ1n) is 9.30. The van der Waals surface area contributed by atoms with E-state index >= 15 is 0 Å². The molecule has 31 heavy (non-hydrogen) atoms.